The predicted octanol–water partition coefficient (Wildman–Crippen LogP) is 2.86. The van der Waals surface area contributed by atoms with Crippen molar-refractivity contribution in [3.8, 4) is 0 Å². The van der Waals surface area contributed by atoms with Gasteiger partial charge in [-0.25, -0.2) is 0 Å². The van der Waals surface area contributed by atoms with Crippen LogP contribution in [-0.2, 0) is 11.3 Å². The zero-order valence-corrected chi connectivity index (χ0v) is 12.9. The number of nitrogens with zero attached hydrogens (tertiary/aromatic N) is 3. The lowest BCUT2D eigenvalue weighted by Gasteiger charge is -2.12. The maximum Gasteiger partial charge on any atom is 0.228 e. The minimum absolute atomic E-state index is 0.00297. The molecule has 0 aliphatic carbocycles. The van der Waals surface area contributed by atoms with Gasteiger partial charge in [-0.1, -0.05) is 13.8 Å². The molecule has 0 fully saturated rings. The van der Waals surface area contributed by atoms with Crippen LogP contribution >= 0.6 is 0 Å². The number of anilines is 2. The summed E-state index contributed by atoms with van der Waals surface area (Å²) in [6, 6.07) is 7.42. The molecular weight excluding hydrogens is 278 g/mol. The van der Waals surface area contributed by atoms with Gasteiger partial charge in [-0.2, -0.15) is 0 Å². The lowest BCUT2D eigenvalue weighted by molar-refractivity contribution is -0.120. The smallest absolute Gasteiger partial charge is 0.228 e. The van der Waals surface area contributed by atoms with Crippen molar-refractivity contribution in [2.45, 2.75) is 33.2 Å². The molecule has 2 rings (SSSR count). The number of carbonyl (C=O) groups excluding carboxylic acids is 1. The number of nitrogens with one attached hydrogen (secondary N) is 2. The summed E-state index contributed by atoms with van der Waals surface area (Å²) < 4.78 is 0. The molecule has 0 aliphatic rings. The summed E-state index contributed by atoms with van der Waals surface area (Å²) in [5.74, 6) is 1.16. The SMILES string of the molecule is CCC(CC)C(=O)Nc1ccc(NCc2ccncc2)nn1. The second-order valence-electron chi connectivity index (χ2n) is 5.02. The first kappa shape index (κ1) is 15.9. The molecule has 22 heavy (non-hydrogen) atoms. The third-order valence-corrected chi connectivity index (χ3v) is 3.50. The van der Waals surface area contributed by atoms with Crippen LogP contribution in [0.1, 0.15) is 32.3 Å². The average Bonchev–Trinajstić information content (AvgIpc) is 2.56. The van der Waals surface area contributed by atoms with Crippen molar-refractivity contribution in [2.75, 3.05) is 10.6 Å². The minimum atomic E-state index is -0.00297. The van der Waals surface area contributed by atoms with Gasteiger partial charge in [-0.05, 0) is 42.7 Å². The quantitative estimate of drug-likeness (QED) is 0.821. The summed E-state index contributed by atoms with van der Waals surface area (Å²) in [4.78, 5) is 15.9. The van der Waals surface area contributed by atoms with Crippen LogP contribution in [0, 0.1) is 5.92 Å². The van der Waals surface area contributed by atoms with Gasteiger partial charge >= 0.3 is 0 Å². The van der Waals surface area contributed by atoms with Gasteiger partial charge in [0, 0.05) is 24.9 Å². The Balaban J connectivity index is 1.89. The van der Waals surface area contributed by atoms with E-state index in [0.717, 1.165) is 18.4 Å². The third-order valence-electron chi connectivity index (χ3n) is 3.50. The number of hydrogen-bond acceptors (Lipinski definition) is 5. The number of pyridine rings is 1. The van der Waals surface area contributed by atoms with Crippen LogP contribution in [-0.4, -0.2) is 21.1 Å². The van der Waals surface area contributed by atoms with Gasteiger partial charge < -0.3 is 10.6 Å². The van der Waals surface area contributed by atoms with Crippen LogP contribution in [0.3, 0.4) is 0 Å². The van der Waals surface area contributed by atoms with Gasteiger partial charge in [-0.15, -0.1) is 10.2 Å². The first-order valence-corrected chi connectivity index (χ1v) is 7.50. The molecule has 0 aliphatic heterocycles. The van der Waals surface area contributed by atoms with Crippen molar-refractivity contribution < 1.29 is 4.79 Å². The highest BCUT2D eigenvalue weighted by atomic mass is 16.1. The zero-order valence-electron chi connectivity index (χ0n) is 12.9. The third kappa shape index (κ3) is 4.51. The Morgan fingerprint density at radius 2 is 1.68 bits per heavy atom. The average molecular weight is 299 g/mol. The molecule has 116 valence electrons. The highest BCUT2D eigenvalue weighted by molar-refractivity contribution is 5.91. The van der Waals surface area contributed by atoms with Gasteiger partial charge in [0.15, 0.2) is 5.82 Å². The van der Waals surface area contributed by atoms with Gasteiger partial charge in [0.2, 0.25) is 5.91 Å². The summed E-state index contributed by atoms with van der Waals surface area (Å²) >= 11 is 0. The molecular formula is C16H21N5O. The standard InChI is InChI=1S/C16H21N5O/c1-3-13(4-2)16(22)19-15-6-5-14(20-21-15)18-11-12-7-9-17-10-8-12/h5-10,13H,3-4,11H2,1-2H3,(H,18,20)(H,19,21,22). The lowest BCUT2D eigenvalue weighted by atomic mass is 10.0. The number of rotatable bonds is 7. The topological polar surface area (TPSA) is 79.8 Å². The highest BCUT2D eigenvalue weighted by Crippen LogP contribution is 2.12. The Hall–Kier alpha value is -2.50. The molecule has 0 saturated heterocycles. The number of carbonyl (C=O) groups is 1. The molecule has 0 spiro atoms. The fourth-order valence-electron chi connectivity index (χ4n) is 2.07. The Labute approximate surface area is 130 Å². The fraction of sp³-hybridized carbons (Fsp3) is 0.375. The molecule has 1 amide bonds. The molecule has 0 unspecified atom stereocenters. The molecule has 6 nitrogen and oxygen atoms in total. The van der Waals surface area contributed by atoms with Crippen LogP contribution in [0.25, 0.3) is 0 Å². The summed E-state index contributed by atoms with van der Waals surface area (Å²) in [5.41, 5.74) is 1.11. The summed E-state index contributed by atoms with van der Waals surface area (Å²) in [5, 5.41) is 14.1. The summed E-state index contributed by atoms with van der Waals surface area (Å²) in [7, 11) is 0. The zero-order chi connectivity index (χ0) is 15.8. The monoisotopic (exact) mass is 299 g/mol. The van der Waals surface area contributed by atoms with Gasteiger partial charge in [-0.3, -0.25) is 9.78 Å². The maximum absolute atomic E-state index is 12.0. The maximum atomic E-state index is 12.0. The van der Waals surface area contributed by atoms with Crippen molar-refractivity contribution in [1.82, 2.24) is 15.2 Å². The van der Waals surface area contributed by atoms with E-state index in [1.165, 1.54) is 0 Å². The summed E-state index contributed by atoms with van der Waals surface area (Å²) in [6.07, 6.45) is 5.14. The van der Waals surface area contributed by atoms with E-state index in [0.29, 0.717) is 18.2 Å². The second-order valence-corrected chi connectivity index (χ2v) is 5.02. The summed E-state index contributed by atoms with van der Waals surface area (Å²) in [6.45, 7) is 4.66. The van der Waals surface area contributed by atoms with E-state index in [9.17, 15) is 4.79 Å². The van der Waals surface area contributed by atoms with E-state index in [1.807, 2.05) is 26.0 Å². The lowest BCUT2D eigenvalue weighted by Crippen LogP contribution is -2.22. The van der Waals surface area contributed by atoms with Gasteiger partial charge in [0.05, 0.1) is 0 Å². The van der Waals surface area contributed by atoms with Gasteiger partial charge in [0.25, 0.3) is 0 Å². The van der Waals surface area contributed by atoms with Crippen LogP contribution in [0.15, 0.2) is 36.7 Å². The van der Waals surface area contributed by atoms with E-state index in [4.69, 9.17) is 0 Å². The largest absolute Gasteiger partial charge is 0.365 e. The Morgan fingerprint density at radius 3 is 2.27 bits per heavy atom. The van der Waals surface area contributed by atoms with E-state index < -0.39 is 0 Å². The van der Waals surface area contributed by atoms with Crippen LogP contribution in [0.4, 0.5) is 11.6 Å². The molecule has 0 saturated carbocycles. The first-order valence-electron chi connectivity index (χ1n) is 7.50. The van der Waals surface area contributed by atoms with Crippen molar-refractivity contribution in [1.29, 1.82) is 0 Å². The molecule has 2 aromatic heterocycles. The van der Waals surface area contributed by atoms with Gasteiger partial charge in [0.1, 0.15) is 5.82 Å². The van der Waals surface area contributed by atoms with Crippen molar-refractivity contribution in [3.63, 3.8) is 0 Å². The Bertz CT molecular complexity index is 581. The molecule has 2 N–H and O–H groups in total. The molecule has 0 bridgehead atoms. The van der Waals surface area contributed by atoms with E-state index in [2.05, 4.69) is 25.8 Å². The number of hydrogen-bond donors (Lipinski definition) is 2. The molecule has 2 aromatic rings. The minimum Gasteiger partial charge on any atom is -0.365 e. The van der Waals surface area contributed by atoms with Crippen molar-refractivity contribution >= 4 is 17.5 Å². The first-order chi connectivity index (χ1) is 10.7. The molecule has 2 heterocycles. The highest BCUT2D eigenvalue weighted by Gasteiger charge is 2.14. The van der Waals surface area contributed by atoms with E-state index in [1.54, 1.807) is 24.5 Å². The number of aromatic nitrogens is 3. The molecule has 0 atom stereocenters. The molecule has 0 aromatic carbocycles. The van der Waals surface area contributed by atoms with Crippen LogP contribution in [0.2, 0.25) is 0 Å². The number of amides is 1. The van der Waals surface area contributed by atoms with Crippen LogP contribution < -0.4 is 10.6 Å². The van der Waals surface area contributed by atoms with Crippen molar-refractivity contribution in [2.24, 2.45) is 5.92 Å². The van der Waals surface area contributed by atoms with E-state index >= 15 is 0 Å². The molecule has 6 heteroatoms. The van der Waals surface area contributed by atoms with E-state index in [-0.39, 0.29) is 11.8 Å². The second kappa shape index (κ2) is 8.07. The van der Waals surface area contributed by atoms with Crippen LogP contribution in [0.5, 0.6) is 0 Å². The predicted molar refractivity (Wildman–Crippen MR) is 86.3 cm³/mol. The molecule has 0 radical (unpaired) electrons. The fourth-order valence-corrected chi connectivity index (χ4v) is 2.07. The Kier molecular flexibility index (Phi) is 5.82. The Morgan fingerprint density at radius 1 is 1.05 bits per heavy atom. The normalized spacial score (nSPS) is 10.5. The van der Waals surface area contributed by atoms with Crippen molar-refractivity contribution in [3.05, 3.63) is 42.2 Å².